The fraction of sp³-hybridized carbons (Fsp3) is 0.353. The number of nitrogens with zero attached hydrogens (tertiary/aromatic N) is 1. The van der Waals surface area contributed by atoms with Crippen molar-refractivity contribution in [2.45, 2.75) is 26.2 Å². The molecule has 5 nitrogen and oxygen atoms in total. The standard InChI is InChI=1S/C17H22FN3O2S/c1-2-3-12-24(22,23)21-16-8-9-17(20-13-16)19-11-10-14-4-6-15(18)7-5-14/h4-9,13,21H,2-3,10-12H2,1H3,(H,19,20). The Labute approximate surface area is 142 Å². The van der Waals surface area contributed by atoms with Gasteiger partial charge in [-0.3, -0.25) is 4.72 Å². The smallest absolute Gasteiger partial charge is 0.232 e. The van der Waals surface area contributed by atoms with E-state index in [4.69, 9.17) is 0 Å². The van der Waals surface area contributed by atoms with Crippen molar-refractivity contribution in [2.75, 3.05) is 22.3 Å². The number of sulfonamides is 1. The van der Waals surface area contributed by atoms with Gasteiger partial charge in [-0.2, -0.15) is 0 Å². The molecule has 2 rings (SSSR count). The second kappa shape index (κ2) is 8.63. The fourth-order valence-corrected chi connectivity index (χ4v) is 3.36. The molecule has 0 atom stereocenters. The highest BCUT2D eigenvalue weighted by atomic mass is 32.2. The van der Waals surface area contributed by atoms with Gasteiger partial charge in [0.25, 0.3) is 0 Å². The van der Waals surface area contributed by atoms with Crippen LogP contribution < -0.4 is 10.0 Å². The Kier molecular flexibility index (Phi) is 6.54. The molecule has 0 unspecified atom stereocenters. The summed E-state index contributed by atoms with van der Waals surface area (Å²) >= 11 is 0. The van der Waals surface area contributed by atoms with Crippen molar-refractivity contribution in [2.24, 2.45) is 0 Å². The summed E-state index contributed by atoms with van der Waals surface area (Å²) in [5.74, 6) is 0.528. The normalized spacial score (nSPS) is 11.2. The third-order valence-electron chi connectivity index (χ3n) is 3.44. The van der Waals surface area contributed by atoms with Gasteiger partial charge in [0.2, 0.25) is 10.0 Å². The van der Waals surface area contributed by atoms with Crippen LogP contribution in [0.4, 0.5) is 15.9 Å². The molecule has 7 heteroatoms. The SMILES string of the molecule is CCCCS(=O)(=O)Nc1ccc(NCCc2ccc(F)cc2)nc1. The largest absolute Gasteiger partial charge is 0.370 e. The maximum atomic E-state index is 12.8. The van der Waals surface area contributed by atoms with Crippen molar-refractivity contribution in [3.8, 4) is 0 Å². The average molecular weight is 351 g/mol. The van der Waals surface area contributed by atoms with E-state index in [0.717, 1.165) is 18.4 Å². The Morgan fingerprint density at radius 2 is 1.88 bits per heavy atom. The number of benzene rings is 1. The summed E-state index contributed by atoms with van der Waals surface area (Å²) in [4.78, 5) is 4.19. The summed E-state index contributed by atoms with van der Waals surface area (Å²) in [6.45, 7) is 2.60. The van der Waals surface area contributed by atoms with Crippen LogP contribution in [0.1, 0.15) is 25.3 Å². The van der Waals surface area contributed by atoms with Gasteiger partial charge in [0.05, 0.1) is 17.6 Å². The van der Waals surface area contributed by atoms with Crippen LogP contribution in [0.3, 0.4) is 0 Å². The highest BCUT2D eigenvalue weighted by Gasteiger charge is 2.09. The first-order valence-electron chi connectivity index (χ1n) is 7.93. The van der Waals surface area contributed by atoms with Gasteiger partial charge in [-0.1, -0.05) is 25.5 Å². The quantitative estimate of drug-likeness (QED) is 0.726. The van der Waals surface area contributed by atoms with Crippen molar-refractivity contribution in [3.05, 3.63) is 54.0 Å². The third kappa shape index (κ3) is 6.16. The molecule has 0 aliphatic rings. The molecular weight excluding hydrogens is 329 g/mol. The summed E-state index contributed by atoms with van der Waals surface area (Å²) in [5, 5.41) is 3.15. The lowest BCUT2D eigenvalue weighted by Crippen LogP contribution is -2.16. The second-order valence-electron chi connectivity index (χ2n) is 5.51. The topological polar surface area (TPSA) is 71.1 Å². The summed E-state index contributed by atoms with van der Waals surface area (Å²) in [6, 6.07) is 9.77. The zero-order valence-corrected chi connectivity index (χ0v) is 14.4. The zero-order valence-electron chi connectivity index (χ0n) is 13.6. The molecule has 0 aliphatic heterocycles. The molecule has 24 heavy (non-hydrogen) atoms. The van der Waals surface area contributed by atoms with Gasteiger partial charge in [-0.25, -0.2) is 17.8 Å². The van der Waals surface area contributed by atoms with Gasteiger partial charge < -0.3 is 5.32 Å². The van der Waals surface area contributed by atoms with E-state index in [-0.39, 0.29) is 11.6 Å². The number of nitrogens with one attached hydrogen (secondary N) is 2. The number of halogens is 1. The van der Waals surface area contributed by atoms with E-state index in [0.29, 0.717) is 24.5 Å². The first kappa shape index (κ1) is 18.2. The predicted octanol–water partition coefficient (Wildman–Crippen LogP) is 3.42. The molecule has 0 spiro atoms. The summed E-state index contributed by atoms with van der Waals surface area (Å²) < 4.78 is 39.0. The van der Waals surface area contributed by atoms with Crippen LogP contribution in [-0.2, 0) is 16.4 Å². The van der Waals surface area contributed by atoms with E-state index in [1.165, 1.54) is 18.3 Å². The summed E-state index contributed by atoms with van der Waals surface area (Å²) in [7, 11) is -3.31. The van der Waals surface area contributed by atoms with Gasteiger partial charge in [0, 0.05) is 6.54 Å². The second-order valence-corrected chi connectivity index (χ2v) is 7.35. The molecule has 1 aromatic heterocycles. The summed E-state index contributed by atoms with van der Waals surface area (Å²) in [6.07, 6.45) is 3.69. The minimum atomic E-state index is -3.31. The Morgan fingerprint density at radius 3 is 2.50 bits per heavy atom. The van der Waals surface area contributed by atoms with Crippen LogP contribution >= 0.6 is 0 Å². The van der Waals surface area contributed by atoms with Crippen molar-refractivity contribution in [1.82, 2.24) is 4.98 Å². The lowest BCUT2D eigenvalue weighted by molar-refractivity contribution is 0.598. The third-order valence-corrected chi connectivity index (χ3v) is 4.81. The van der Waals surface area contributed by atoms with Gasteiger partial charge in [-0.15, -0.1) is 0 Å². The zero-order chi connectivity index (χ0) is 17.4. The van der Waals surface area contributed by atoms with Crippen molar-refractivity contribution in [3.63, 3.8) is 0 Å². The van der Waals surface area contributed by atoms with Crippen molar-refractivity contribution in [1.29, 1.82) is 0 Å². The lowest BCUT2D eigenvalue weighted by atomic mass is 10.1. The molecule has 2 N–H and O–H groups in total. The Hall–Kier alpha value is -2.15. The molecule has 0 fully saturated rings. The highest BCUT2D eigenvalue weighted by molar-refractivity contribution is 7.92. The molecule has 1 heterocycles. The van der Waals surface area contributed by atoms with E-state index < -0.39 is 10.0 Å². The molecule has 2 aromatic rings. The number of anilines is 2. The number of hydrogen-bond acceptors (Lipinski definition) is 4. The van der Waals surface area contributed by atoms with E-state index in [1.54, 1.807) is 24.3 Å². The lowest BCUT2D eigenvalue weighted by Gasteiger charge is -2.09. The van der Waals surface area contributed by atoms with E-state index in [9.17, 15) is 12.8 Å². The maximum absolute atomic E-state index is 12.8. The Bertz CT molecular complexity index is 731. The predicted molar refractivity (Wildman–Crippen MR) is 95.1 cm³/mol. The summed E-state index contributed by atoms with van der Waals surface area (Å²) in [5.41, 5.74) is 1.49. The van der Waals surface area contributed by atoms with E-state index in [2.05, 4.69) is 15.0 Å². The first-order chi connectivity index (χ1) is 11.5. The van der Waals surface area contributed by atoms with E-state index in [1.807, 2.05) is 6.92 Å². The minimum Gasteiger partial charge on any atom is -0.370 e. The Morgan fingerprint density at radius 1 is 1.12 bits per heavy atom. The van der Waals surface area contributed by atoms with Crippen LogP contribution in [0, 0.1) is 5.82 Å². The average Bonchev–Trinajstić information content (AvgIpc) is 2.56. The molecule has 1 aromatic carbocycles. The first-order valence-corrected chi connectivity index (χ1v) is 9.58. The minimum absolute atomic E-state index is 0.112. The molecule has 0 amide bonds. The molecule has 0 radical (unpaired) electrons. The molecular formula is C17H22FN3O2S. The molecule has 0 bridgehead atoms. The Balaban J connectivity index is 1.82. The molecule has 130 valence electrons. The van der Waals surface area contributed by atoms with Crippen LogP contribution in [0.2, 0.25) is 0 Å². The van der Waals surface area contributed by atoms with Gasteiger partial charge in [0.1, 0.15) is 11.6 Å². The van der Waals surface area contributed by atoms with Crippen LogP contribution in [0.25, 0.3) is 0 Å². The van der Waals surface area contributed by atoms with Crippen LogP contribution in [0.5, 0.6) is 0 Å². The molecule has 0 saturated carbocycles. The fourth-order valence-electron chi connectivity index (χ4n) is 2.11. The van der Waals surface area contributed by atoms with Crippen LogP contribution in [-0.4, -0.2) is 25.7 Å². The number of pyridine rings is 1. The maximum Gasteiger partial charge on any atom is 0.232 e. The monoisotopic (exact) mass is 351 g/mol. The van der Waals surface area contributed by atoms with Crippen molar-refractivity contribution < 1.29 is 12.8 Å². The van der Waals surface area contributed by atoms with Gasteiger partial charge in [0.15, 0.2) is 0 Å². The molecule has 0 aliphatic carbocycles. The van der Waals surface area contributed by atoms with Crippen molar-refractivity contribution >= 4 is 21.5 Å². The number of rotatable bonds is 9. The van der Waals surface area contributed by atoms with Crippen LogP contribution in [0.15, 0.2) is 42.6 Å². The number of aromatic nitrogens is 1. The highest BCUT2D eigenvalue weighted by Crippen LogP contribution is 2.12. The van der Waals surface area contributed by atoms with E-state index >= 15 is 0 Å². The number of unbranched alkanes of at least 4 members (excludes halogenated alkanes) is 1. The van der Waals surface area contributed by atoms with Gasteiger partial charge >= 0.3 is 0 Å². The molecule has 0 saturated heterocycles. The number of hydrogen-bond donors (Lipinski definition) is 2. The van der Waals surface area contributed by atoms with Gasteiger partial charge in [-0.05, 0) is 42.7 Å².